The van der Waals surface area contributed by atoms with Gasteiger partial charge in [-0.3, -0.25) is 14.6 Å². The molecule has 1 fully saturated rings. The lowest BCUT2D eigenvalue weighted by atomic mass is 9.85. The Morgan fingerprint density at radius 3 is 2.42 bits per heavy atom. The number of carbonyl (C=O) groups is 2. The second-order valence-electron chi connectivity index (χ2n) is 10.0. The fourth-order valence-corrected chi connectivity index (χ4v) is 4.59. The third kappa shape index (κ3) is 4.33. The number of hydrogen-bond donors (Lipinski definition) is 1. The van der Waals surface area contributed by atoms with Crippen LogP contribution in [-0.2, 0) is 21.5 Å². The zero-order chi connectivity index (χ0) is 25.4. The van der Waals surface area contributed by atoms with Crippen LogP contribution in [0.25, 0.3) is 5.76 Å². The zero-order valence-electron chi connectivity index (χ0n) is 20.5. The van der Waals surface area contributed by atoms with E-state index in [4.69, 9.17) is 9.47 Å². The summed E-state index contributed by atoms with van der Waals surface area (Å²) < 4.78 is 11.2. The maximum Gasteiger partial charge on any atom is 0.295 e. The van der Waals surface area contributed by atoms with E-state index in [1.54, 1.807) is 36.7 Å². The smallest absolute Gasteiger partial charge is 0.295 e. The predicted octanol–water partition coefficient (Wildman–Crippen LogP) is 4.77. The predicted molar refractivity (Wildman–Crippen MR) is 135 cm³/mol. The van der Waals surface area contributed by atoms with E-state index in [0.717, 1.165) is 16.7 Å². The average molecular weight is 485 g/mol. The minimum Gasteiger partial charge on any atom is -0.507 e. The number of aliphatic hydroxyl groups is 1. The third-order valence-corrected chi connectivity index (χ3v) is 6.52. The molecule has 1 amide bonds. The first kappa shape index (κ1) is 23.6. The molecule has 36 heavy (non-hydrogen) atoms. The molecule has 2 aromatic carbocycles. The average Bonchev–Trinajstić information content (AvgIpc) is 3.13. The van der Waals surface area contributed by atoms with Crippen LogP contribution in [0.3, 0.4) is 0 Å². The van der Waals surface area contributed by atoms with Crippen molar-refractivity contribution in [1.29, 1.82) is 0 Å². The van der Waals surface area contributed by atoms with E-state index in [1.807, 2.05) is 30.3 Å². The summed E-state index contributed by atoms with van der Waals surface area (Å²) in [6.45, 7) is 7.40. The SMILES string of the molecule is CC(C)(C)c1ccc([C@@H]2C(=C(O)c3ccc4c(c3)OCCO4)C(=O)C(=O)N2Cc2cccnc2)cc1. The Balaban J connectivity index is 1.63. The molecule has 1 aromatic heterocycles. The lowest BCUT2D eigenvalue weighted by Gasteiger charge is -2.26. The summed E-state index contributed by atoms with van der Waals surface area (Å²) in [6, 6.07) is 15.7. The highest BCUT2D eigenvalue weighted by molar-refractivity contribution is 6.46. The Kier molecular flexibility index (Phi) is 6.00. The maximum atomic E-state index is 13.3. The Hall–Kier alpha value is -4.13. The Labute approximate surface area is 210 Å². The molecule has 184 valence electrons. The molecule has 3 aromatic rings. The number of rotatable bonds is 4. The highest BCUT2D eigenvalue weighted by Gasteiger charge is 2.46. The fraction of sp³-hybridized carbons (Fsp3) is 0.276. The minimum atomic E-state index is -0.757. The Bertz CT molecular complexity index is 1340. The lowest BCUT2D eigenvalue weighted by Crippen LogP contribution is -2.29. The number of aromatic nitrogens is 1. The molecule has 0 aliphatic carbocycles. The van der Waals surface area contributed by atoms with Crippen molar-refractivity contribution in [2.75, 3.05) is 13.2 Å². The summed E-state index contributed by atoms with van der Waals surface area (Å²) >= 11 is 0. The van der Waals surface area contributed by atoms with E-state index < -0.39 is 17.7 Å². The third-order valence-electron chi connectivity index (χ3n) is 6.52. The first-order chi connectivity index (χ1) is 17.2. The van der Waals surface area contributed by atoms with Gasteiger partial charge in [0.25, 0.3) is 11.7 Å². The van der Waals surface area contributed by atoms with Crippen molar-refractivity contribution in [1.82, 2.24) is 9.88 Å². The van der Waals surface area contributed by atoms with E-state index >= 15 is 0 Å². The van der Waals surface area contributed by atoms with Gasteiger partial charge in [-0.05, 0) is 46.4 Å². The summed E-state index contributed by atoms with van der Waals surface area (Å²) in [6.07, 6.45) is 3.32. The second kappa shape index (κ2) is 9.15. The maximum absolute atomic E-state index is 13.3. The first-order valence-electron chi connectivity index (χ1n) is 11.9. The summed E-state index contributed by atoms with van der Waals surface area (Å²) in [4.78, 5) is 32.2. The van der Waals surface area contributed by atoms with Gasteiger partial charge in [-0.1, -0.05) is 51.1 Å². The van der Waals surface area contributed by atoms with Crippen LogP contribution >= 0.6 is 0 Å². The van der Waals surface area contributed by atoms with Gasteiger partial charge < -0.3 is 19.5 Å². The van der Waals surface area contributed by atoms with Crippen molar-refractivity contribution < 1.29 is 24.2 Å². The van der Waals surface area contributed by atoms with Crippen molar-refractivity contribution in [2.24, 2.45) is 0 Å². The van der Waals surface area contributed by atoms with Crippen molar-refractivity contribution in [3.8, 4) is 11.5 Å². The number of pyridine rings is 1. The fourth-order valence-electron chi connectivity index (χ4n) is 4.59. The van der Waals surface area contributed by atoms with Crippen LogP contribution in [0.4, 0.5) is 0 Å². The van der Waals surface area contributed by atoms with Crippen molar-refractivity contribution in [2.45, 2.75) is 38.8 Å². The molecule has 1 N–H and O–H groups in total. The quantitative estimate of drug-likeness (QED) is 0.326. The summed E-state index contributed by atoms with van der Waals surface area (Å²) in [5.41, 5.74) is 3.03. The molecule has 1 saturated heterocycles. The zero-order valence-corrected chi connectivity index (χ0v) is 20.5. The molecule has 0 radical (unpaired) electrons. The van der Waals surface area contributed by atoms with Gasteiger partial charge in [0.1, 0.15) is 19.0 Å². The molecule has 1 atom stereocenters. The summed E-state index contributed by atoms with van der Waals surface area (Å²) in [5, 5.41) is 11.4. The first-order valence-corrected chi connectivity index (χ1v) is 11.9. The van der Waals surface area contributed by atoms with E-state index in [1.165, 1.54) is 4.90 Å². The number of aliphatic hydroxyl groups excluding tert-OH is 1. The van der Waals surface area contributed by atoms with Crippen LogP contribution < -0.4 is 9.47 Å². The van der Waals surface area contributed by atoms with E-state index in [0.29, 0.717) is 30.3 Å². The van der Waals surface area contributed by atoms with Gasteiger partial charge in [-0.15, -0.1) is 0 Å². The number of carbonyl (C=O) groups excluding carboxylic acids is 2. The molecule has 0 bridgehead atoms. The van der Waals surface area contributed by atoms with Crippen molar-refractivity contribution in [3.63, 3.8) is 0 Å². The molecule has 7 nitrogen and oxygen atoms in total. The van der Waals surface area contributed by atoms with Gasteiger partial charge in [0, 0.05) is 24.5 Å². The number of ketones is 1. The number of nitrogens with zero attached hydrogens (tertiary/aromatic N) is 2. The van der Waals surface area contributed by atoms with Crippen LogP contribution in [0.1, 0.15) is 49.1 Å². The molecule has 2 aliphatic rings. The topological polar surface area (TPSA) is 89.0 Å². The Morgan fingerprint density at radius 1 is 1.03 bits per heavy atom. The highest BCUT2D eigenvalue weighted by atomic mass is 16.6. The van der Waals surface area contributed by atoms with Crippen molar-refractivity contribution in [3.05, 3.63) is 94.8 Å². The number of likely N-dealkylation sites (tertiary alicyclic amines) is 1. The molecular weight excluding hydrogens is 456 g/mol. The number of benzene rings is 2. The largest absolute Gasteiger partial charge is 0.507 e. The van der Waals surface area contributed by atoms with Crippen LogP contribution in [0.5, 0.6) is 11.5 Å². The normalized spacial score (nSPS) is 19.0. The van der Waals surface area contributed by atoms with E-state index in [2.05, 4.69) is 25.8 Å². The molecule has 5 rings (SSSR count). The standard InChI is InChI=1S/C29H28N2O5/c1-29(2,3)21-9-6-19(7-10-21)25-24(26(32)20-8-11-22-23(15-20)36-14-13-35-22)27(33)28(34)31(25)17-18-5-4-12-30-16-18/h4-12,15-16,25,32H,13-14,17H2,1-3H3/t25-/m1/s1. The second-order valence-corrected chi connectivity index (χ2v) is 10.0. The van der Waals surface area contributed by atoms with E-state index in [-0.39, 0.29) is 23.3 Å². The van der Waals surface area contributed by atoms with Gasteiger partial charge in [0.15, 0.2) is 11.5 Å². The van der Waals surface area contributed by atoms with E-state index in [9.17, 15) is 14.7 Å². The molecule has 0 spiro atoms. The van der Waals surface area contributed by atoms with Gasteiger partial charge >= 0.3 is 0 Å². The molecule has 0 unspecified atom stereocenters. The van der Waals surface area contributed by atoms with Crippen LogP contribution in [-0.4, -0.2) is 39.9 Å². The monoisotopic (exact) mass is 484 g/mol. The van der Waals surface area contributed by atoms with Gasteiger partial charge in [-0.2, -0.15) is 0 Å². The molecule has 2 aliphatic heterocycles. The molecule has 3 heterocycles. The van der Waals surface area contributed by atoms with Crippen molar-refractivity contribution >= 4 is 17.4 Å². The van der Waals surface area contributed by atoms with Gasteiger partial charge in [-0.25, -0.2) is 0 Å². The van der Waals surface area contributed by atoms with Crippen LogP contribution in [0.15, 0.2) is 72.6 Å². The minimum absolute atomic E-state index is 0.0454. The van der Waals surface area contributed by atoms with Gasteiger partial charge in [0.2, 0.25) is 0 Å². The number of Topliss-reactive ketones (excluding diaryl/α,β-unsaturated/α-hetero) is 1. The molecule has 0 saturated carbocycles. The molecule has 7 heteroatoms. The highest BCUT2D eigenvalue weighted by Crippen LogP contribution is 2.42. The number of fused-ring (bicyclic) bond motifs is 1. The van der Waals surface area contributed by atoms with Gasteiger partial charge in [0.05, 0.1) is 11.6 Å². The molecular formula is C29H28N2O5. The number of hydrogen-bond acceptors (Lipinski definition) is 6. The summed E-state index contributed by atoms with van der Waals surface area (Å²) in [7, 11) is 0. The number of amides is 1. The summed E-state index contributed by atoms with van der Waals surface area (Å²) in [5.74, 6) is -0.576. The van der Waals surface area contributed by atoms with Crippen LogP contribution in [0, 0.1) is 0 Å². The Morgan fingerprint density at radius 2 is 1.75 bits per heavy atom. The van der Waals surface area contributed by atoms with Crippen LogP contribution in [0.2, 0.25) is 0 Å². The lowest BCUT2D eigenvalue weighted by molar-refractivity contribution is -0.140. The number of ether oxygens (including phenoxy) is 2.